The third-order valence-electron chi connectivity index (χ3n) is 3.38. The molecule has 0 atom stereocenters. The van der Waals surface area contributed by atoms with Crippen LogP contribution in [0.25, 0.3) is 11.6 Å². The van der Waals surface area contributed by atoms with Crippen molar-refractivity contribution in [3.8, 4) is 23.3 Å². The maximum absolute atomic E-state index is 10.9. The first-order valence-corrected chi connectivity index (χ1v) is 6.90. The Hall–Kier alpha value is -3.46. The monoisotopic (exact) mass is 325 g/mol. The Labute approximate surface area is 138 Å². The lowest BCUT2D eigenvalue weighted by Gasteiger charge is -2.10. The zero-order chi connectivity index (χ0) is 17.7. The van der Waals surface area contributed by atoms with Crippen molar-refractivity contribution in [1.82, 2.24) is 0 Å². The molecule has 122 valence electrons. The molecule has 2 aromatic carbocycles. The summed E-state index contributed by atoms with van der Waals surface area (Å²) in [5.41, 5.74) is 1.65. The van der Waals surface area contributed by atoms with E-state index in [1.54, 1.807) is 30.3 Å². The average Bonchev–Trinajstić information content (AvgIpc) is 2.60. The molecule has 6 nitrogen and oxygen atoms in total. The van der Waals surface area contributed by atoms with E-state index in [2.05, 4.69) is 6.07 Å². The van der Waals surface area contributed by atoms with Crippen molar-refractivity contribution in [2.24, 2.45) is 0 Å². The maximum atomic E-state index is 10.9. The quantitative estimate of drug-likeness (QED) is 0.647. The Balaban J connectivity index is 2.47. The molecule has 2 rings (SSSR count). The minimum atomic E-state index is -1.03. The number of aromatic carboxylic acids is 1. The SMILES string of the molecule is COc1cc(C=C(C#N)c2ccc(C(=O)O)cc2)cc(OC)c1O. The van der Waals surface area contributed by atoms with Crippen LogP contribution >= 0.6 is 0 Å². The normalized spacial score (nSPS) is 10.8. The number of benzene rings is 2. The molecule has 0 bridgehead atoms. The van der Waals surface area contributed by atoms with Gasteiger partial charge in [0.1, 0.15) is 0 Å². The smallest absolute Gasteiger partial charge is 0.335 e. The molecule has 0 heterocycles. The van der Waals surface area contributed by atoms with Gasteiger partial charge in [0.15, 0.2) is 11.5 Å². The number of rotatable bonds is 5. The molecule has 0 aromatic heterocycles. The van der Waals surface area contributed by atoms with Crippen LogP contribution in [0.5, 0.6) is 17.2 Å². The number of nitrogens with zero attached hydrogens (tertiary/aromatic N) is 1. The Morgan fingerprint density at radius 2 is 1.58 bits per heavy atom. The molecule has 0 saturated carbocycles. The Bertz CT molecular complexity index is 806. The van der Waals surface area contributed by atoms with E-state index in [4.69, 9.17) is 14.6 Å². The number of hydrogen-bond acceptors (Lipinski definition) is 5. The van der Waals surface area contributed by atoms with Gasteiger partial charge in [-0.25, -0.2) is 4.79 Å². The second-order valence-corrected chi connectivity index (χ2v) is 4.83. The summed E-state index contributed by atoms with van der Waals surface area (Å²) >= 11 is 0. The highest BCUT2D eigenvalue weighted by Crippen LogP contribution is 2.38. The Morgan fingerprint density at radius 1 is 1.08 bits per heavy atom. The molecule has 24 heavy (non-hydrogen) atoms. The minimum absolute atomic E-state index is 0.124. The Morgan fingerprint density at radius 3 is 2.00 bits per heavy atom. The van der Waals surface area contributed by atoms with E-state index in [1.165, 1.54) is 26.4 Å². The van der Waals surface area contributed by atoms with E-state index in [0.29, 0.717) is 16.7 Å². The summed E-state index contributed by atoms with van der Waals surface area (Å²) < 4.78 is 10.2. The van der Waals surface area contributed by atoms with Gasteiger partial charge in [0.2, 0.25) is 5.75 Å². The van der Waals surface area contributed by atoms with Crippen LogP contribution in [0.2, 0.25) is 0 Å². The standard InChI is InChI=1S/C18H15NO5/c1-23-15-8-11(9-16(24-2)17(15)20)7-14(10-19)12-3-5-13(6-4-12)18(21)22/h3-9,20H,1-2H3,(H,21,22). The van der Waals surface area contributed by atoms with E-state index < -0.39 is 5.97 Å². The van der Waals surface area contributed by atoms with Gasteiger partial charge in [-0.3, -0.25) is 0 Å². The van der Waals surface area contributed by atoms with Gasteiger partial charge in [-0.1, -0.05) is 12.1 Å². The van der Waals surface area contributed by atoms with E-state index in [1.807, 2.05) is 0 Å². The number of carbonyl (C=O) groups is 1. The van der Waals surface area contributed by atoms with E-state index in [9.17, 15) is 15.2 Å². The van der Waals surface area contributed by atoms with Crippen molar-refractivity contribution in [1.29, 1.82) is 5.26 Å². The van der Waals surface area contributed by atoms with Crippen LogP contribution in [0.15, 0.2) is 36.4 Å². The number of hydrogen-bond donors (Lipinski definition) is 2. The van der Waals surface area contributed by atoms with Gasteiger partial charge in [-0.15, -0.1) is 0 Å². The zero-order valence-electron chi connectivity index (χ0n) is 13.1. The molecule has 2 N–H and O–H groups in total. The predicted octanol–water partition coefficient (Wildman–Crippen LogP) is 3.17. The van der Waals surface area contributed by atoms with Gasteiger partial charge in [-0.05, 0) is 41.5 Å². The number of allylic oxidation sites excluding steroid dienone is 1. The largest absolute Gasteiger partial charge is 0.502 e. The lowest BCUT2D eigenvalue weighted by molar-refractivity contribution is 0.0697. The summed E-state index contributed by atoms with van der Waals surface area (Å²) in [4.78, 5) is 10.9. The van der Waals surface area contributed by atoms with Gasteiger partial charge in [-0.2, -0.15) is 5.26 Å². The molecule has 0 saturated heterocycles. The van der Waals surface area contributed by atoms with Crippen molar-refractivity contribution in [3.05, 3.63) is 53.1 Å². The number of ether oxygens (including phenoxy) is 2. The summed E-state index contributed by atoms with van der Waals surface area (Å²) in [7, 11) is 2.83. The van der Waals surface area contributed by atoms with Crippen LogP contribution in [-0.2, 0) is 0 Å². The first-order chi connectivity index (χ1) is 11.5. The highest BCUT2D eigenvalue weighted by atomic mass is 16.5. The number of aromatic hydroxyl groups is 1. The highest BCUT2D eigenvalue weighted by molar-refractivity contribution is 5.92. The number of phenols is 1. The van der Waals surface area contributed by atoms with Crippen molar-refractivity contribution < 1.29 is 24.5 Å². The first-order valence-electron chi connectivity index (χ1n) is 6.90. The molecule has 6 heteroatoms. The topological polar surface area (TPSA) is 99.8 Å². The van der Waals surface area contributed by atoms with Crippen LogP contribution < -0.4 is 9.47 Å². The van der Waals surface area contributed by atoms with Gasteiger partial charge in [0.05, 0.1) is 31.4 Å². The van der Waals surface area contributed by atoms with Crippen molar-refractivity contribution >= 4 is 17.6 Å². The number of carboxylic acid groups (broad SMARTS) is 1. The fourth-order valence-corrected chi connectivity index (χ4v) is 2.14. The van der Waals surface area contributed by atoms with Gasteiger partial charge in [0.25, 0.3) is 0 Å². The average molecular weight is 325 g/mol. The lowest BCUT2D eigenvalue weighted by atomic mass is 10.0. The van der Waals surface area contributed by atoms with E-state index >= 15 is 0 Å². The maximum Gasteiger partial charge on any atom is 0.335 e. The molecule has 0 fully saturated rings. The summed E-state index contributed by atoms with van der Waals surface area (Å²) in [5.74, 6) is -0.711. The summed E-state index contributed by atoms with van der Waals surface area (Å²) in [6, 6.07) is 11.2. The third-order valence-corrected chi connectivity index (χ3v) is 3.38. The fraction of sp³-hybridized carbons (Fsp3) is 0.111. The second kappa shape index (κ2) is 7.20. The number of carboxylic acids is 1. The van der Waals surface area contributed by atoms with Crippen LogP contribution in [0, 0.1) is 11.3 Å². The lowest BCUT2D eigenvalue weighted by Crippen LogP contribution is -1.95. The molecule has 0 aliphatic rings. The van der Waals surface area contributed by atoms with Crippen LogP contribution in [0.3, 0.4) is 0 Å². The van der Waals surface area contributed by atoms with Crippen molar-refractivity contribution in [3.63, 3.8) is 0 Å². The van der Waals surface area contributed by atoms with Crippen LogP contribution in [-0.4, -0.2) is 30.4 Å². The van der Waals surface area contributed by atoms with Crippen LogP contribution in [0.4, 0.5) is 0 Å². The number of phenolic OH excluding ortho intramolecular Hbond substituents is 1. The first kappa shape index (κ1) is 16.9. The fourth-order valence-electron chi connectivity index (χ4n) is 2.14. The van der Waals surface area contributed by atoms with Gasteiger partial charge >= 0.3 is 5.97 Å². The second-order valence-electron chi connectivity index (χ2n) is 4.83. The minimum Gasteiger partial charge on any atom is -0.502 e. The third kappa shape index (κ3) is 3.47. The number of methoxy groups -OCH3 is 2. The van der Waals surface area contributed by atoms with E-state index in [-0.39, 0.29) is 22.8 Å². The van der Waals surface area contributed by atoms with Gasteiger partial charge < -0.3 is 19.7 Å². The molecule has 0 radical (unpaired) electrons. The zero-order valence-corrected chi connectivity index (χ0v) is 13.1. The molecule has 2 aromatic rings. The van der Waals surface area contributed by atoms with Gasteiger partial charge in [0, 0.05) is 0 Å². The van der Waals surface area contributed by atoms with Crippen molar-refractivity contribution in [2.75, 3.05) is 14.2 Å². The molecule has 0 unspecified atom stereocenters. The molecular formula is C18H15NO5. The van der Waals surface area contributed by atoms with E-state index in [0.717, 1.165) is 0 Å². The summed E-state index contributed by atoms with van der Waals surface area (Å²) in [5, 5.41) is 28.2. The molecular weight excluding hydrogens is 310 g/mol. The molecule has 0 aliphatic carbocycles. The number of nitriles is 1. The highest BCUT2D eigenvalue weighted by Gasteiger charge is 2.11. The molecule has 0 spiro atoms. The van der Waals surface area contributed by atoms with Crippen molar-refractivity contribution in [2.45, 2.75) is 0 Å². The summed E-state index contributed by atoms with van der Waals surface area (Å²) in [6.07, 6.45) is 1.60. The Kier molecular flexibility index (Phi) is 5.07. The van der Waals surface area contributed by atoms with Crippen LogP contribution in [0.1, 0.15) is 21.5 Å². The molecule has 0 aliphatic heterocycles. The predicted molar refractivity (Wildman–Crippen MR) is 88.1 cm³/mol. The molecule has 0 amide bonds. The summed E-state index contributed by atoms with van der Waals surface area (Å²) in [6.45, 7) is 0.